The minimum atomic E-state index is -0.331. The lowest BCUT2D eigenvalue weighted by Gasteiger charge is -2.11. The predicted molar refractivity (Wildman–Crippen MR) is 118 cm³/mol. The summed E-state index contributed by atoms with van der Waals surface area (Å²) in [6.45, 7) is 4.56. The lowest BCUT2D eigenvalue weighted by atomic mass is 10.1. The second kappa shape index (κ2) is 9.24. The first-order valence-corrected chi connectivity index (χ1v) is 10.0. The Hall–Kier alpha value is -2.64. The maximum atomic E-state index is 12.1. The normalized spacial score (nSPS) is 11.1. The van der Waals surface area contributed by atoms with Crippen molar-refractivity contribution in [2.24, 2.45) is 5.10 Å². The van der Waals surface area contributed by atoms with Gasteiger partial charge in [0.15, 0.2) is 0 Å². The fraction of sp³-hybridized carbons (Fsp3) is 0.190. The highest BCUT2D eigenvalue weighted by molar-refractivity contribution is 9.10. The highest BCUT2D eigenvalue weighted by Crippen LogP contribution is 2.24. The number of ether oxygens (including phenoxy) is 1. The largest absolute Gasteiger partial charge is 0.496 e. The zero-order chi connectivity index (χ0) is 21.0. The predicted octanol–water partition coefficient (Wildman–Crippen LogP) is 4.74. The van der Waals surface area contributed by atoms with E-state index in [1.165, 1.54) is 0 Å². The van der Waals surface area contributed by atoms with Crippen LogP contribution >= 0.6 is 27.5 Å². The van der Waals surface area contributed by atoms with Gasteiger partial charge in [-0.05, 0) is 59.6 Å². The molecule has 0 radical (unpaired) electrons. The van der Waals surface area contributed by atoms with Crippen LogP contribution in [0.4, 0.5) is 0 Å². The Morgan fingerprint density at radius 1 is 1.31 bits per heavy atom. The Kier molecular flexibility index (Phi) is 6.71. The number of benzene rings is 2. The van der Waals surface area contributed by atoms with Crippen LogP contribution in [0.2, 0.25) is 5.02 Å². The van der Waals surface area contributed by atoms with Crippen molar-refractivity contribution in [2.75, 3.05) is 7.11 Å². The van der Waals surface area contributed by atoms with Crippen LogP contribution in [0.25, 0.3) is 0 Å². The fourth-order valence-electron chi connectivity index (χ4n) is 2.82. The first-order valence-electron chi connectivity index (χ1n) is 8.84. The molecule has 0 bridgehead atoms. The number of methoxy groups -OCH3 is 1. The topological polar surface area (TPSA) is 68.5 Å². The standard InChI is InChI=1S/C21H20BrClN4O2/c1-13-20(22)14(2)27(26-13)12-17-8-7-15(9-19(17)29-3)11-24-25-21(28)16-5-4-6-18(23)10-16/h4-11H,12H2,1-3H3,(H,25,28)/b24-11+. The van der Waals surface area contributed by atoms with E-state index in [1.807, 2.05) is 36.7 Å². The number of halogens is 2. The first kappa shape index (κ1) is 21.1. The molecule has 0 aliphatic rings. The van der Waals surface area contributed by atoms with Gasteiger partial charge >= 0.3 is 0 Å². The number of rotatable bonds is 6. The Morgan fingerprint density at radius 3 is 2.76 bits per heavy atom. The van der Waals surface area contributed by atoms with Gasteiger partial charge < -0.3 is 4.74 Å². The third-order valence-corrected chi connectivity index (χ3v) is 5.77. The molecule has 0 atom stereocenters. The fourth-order valence-corrected chi connectivity index (χ4v) is 3.30. The molecule has 0 saturated heterocycles. The smallest absolute Gasteiger partial charge is 0.271 e. The number of aromatic nitrogens is 2. The lowest BCUT2D eigenvalue weighted by Crippen LogP contribution is -2.17. The van der Waals surface area contributed by atoms with Crippen molar-refractivity contribution in [3.8, 4) is 5.75 Å². The summed E-state index contributed by atoms with van der Waals surface area (Å²) in [7, 11) is 1.62. The summed E-state index contributed by atoms with van der Waals surface area (Å²) in [5.74, 6) is 0.390. The molecule has 1 aromatic heterocycles. The molecule has 8 heteroatoms. The molecule has 3 rings (SSSR count). The molecule has 1 N–H and O–H groups in total. The maximum Gasteiger partial charge on any atom is 0.271 e. The Morgan fingerprint density at radius 2 is 2.10 bits per heavy atom. The number of amides is 1. The van der Waals surface area contributed by atoms with E-state index in [0.717, 1.165) is 32.7 Å². The number of aryl methyl sites for hydroxylation is 1. The van der Waals surface area contributed by atoms with E-state index in [2.05, 4.69) is 31.6 Å². The summed E-state index contributed by atoms with van der Waals surface area (Å²) in [6, 6.07) is 12.4. The van der Waals surface area contributed by atoms with E-state index in [0.29, 0.717) is 17.1 Å². The van der Waals surface area contributed by atoms with Crippen LogP contribution in [0.3, 0.4) is 0 Å². The molecule has 0 saturated carbocycles. The van der Waals surface area contributed by atoms with Crippen molar-refractivity contribution in [1.82, 2.24) is 15.2 Å². The van der Waals surface area contributed by atoms with Crippen LogP contribution in [-0.4, -0.2) is 29.0 Å². The Balaban J connectivity index is 1.72. The molecular formula is C21H20BrClN4O2. The van der Waals surface area contributed by atoms with Crippen LogP contribution < -0.4 is 10.2 Å². The second-order valence-corrected chi connectivity index (χ2v) is 7.65. The number of hydrogen-bond donors (Lipinski definition) is 1. The van der Waals surface area contributed by atoms with Gasteiger partial charge in [0.1, 0.15) is 5.75 Å². The lowest BCUT2D eigenvalue weighted by molar-refractivity contribution is 0.0955. The number of hydrogen-bond acceptors (Lipinski definition) is 4. The van der Waals surface area contributed by atoms with Gasteiger partial charge in [-0.15, -0.1) is 0 Å². The molecule has 0 aliphatic heterocycles. The SMILES string of the molecule is COc1cc(/C=N/NC(=O)c2cccc(Cl)c2)ccc1Cn1nc(C)c(Br)c1C. The summed E-state index contributed by atoms with van der Waals surface area (Å²) < 4.78 is 8.47. The van der Waals surface area contributed by atoms with Crippen molar-refractivity contribution >= 4 is 39.7 Å². The van der Waals surface area contributed by atoms with Crippen molar-refractivity contribution in [3.63, 3.8) is 0 Å². The molecular weight excluding hydrogens is 456 g/mol. The van der Waals surface area contributed by atoms with Crippen LogP contribution in [-0.2, 0) is 6.54 Å². The van der Waals surface area contributed by atoms with E-state index in [9.17, 15) is 4.79 Å². The second-order valence-electron chi connectivity index (χ2n) is 6.42. The van der Waals surface area contributed by atoms with E-state index in [1.54, 1.807) is 37.6 Å². The van der Waals surface area contributed by atoms with Gasteiger partial charge in [-0.3, -0.25) is 9.48 Å². The summed E-state index contributed by atoms with van der Waals surface area (Å²) in [5, 5.41) is 9.05. The summed E-state index contributed by atoms with van der Waals surface area (Å²) >= 11 is 9.45. The van der Waals surface area contributed by atoms with Crippen LogP contribution in [0, 0.1) is 13.8 Å². The summed E-state index contributed by atoms with van der Waals surface area (Å²) in [5.41, 5.74) is 6.73. The highest BCUT2D eigenvalue weighted by Gasteiger charge is 2.12. The molecule has 29 heavy (non-hydrogen) atoms. The Bertz CT molecular complexity index is 1080. The average molecular weight is 476 g/mol. The maximum absolute atomic E-state index is 12.1. The van der Waals surface area contributed by atoms with Crippen molar-refractivity contribution < 1.29 is 9.53 Å². The minimum absolute atomic E-state index is 0.331. The Labute approximate surface area is 182 Å². The van der Waals surface area contributed by atoms with Gasteiger partial charge in [0, 0.05) is 16.1 Å². The molecule has 150 valence electrons. The molecule has 0 fully saturated rings. The average Bonchev–Trinajstić information content (AvgIpc) is 2.95. The molecule has 1 heterocycles. The molecule has 0 aliphatic carbocycles. The van der Waals surface area contributed by atoms with Crippen molar-refractivity contribution in [3.05, 3.63) is 80.0 Å². The molecule has 0 unspecified atom stereocenters. The van der Waals surface area contributed by atoms with Gasteiger partial charge in [-0.2, -0.15) is 10.2 Å². The van der Waals surface area contributed by atoms with E-state index in [4.69, 9.17) is 16.3 Å². The van der Waals surface area contributed by atoms with Gasteiger partial charge in [-0.25, -0.2) is 5.43 Å². The van der Waals surface area contributed by atoms with Crippen LogP contribution in [0.1, 0.15) is 32.9 Å². The molecule has 3 aromatic rings. The number of nitrogens with one attached hydrogen (secondary N) is 1. The van der Waals surface area contributed by atoms with E-state index >= 15 is 0 Å². The van der Waals surface area contributed by atoms with Crippen LogP contribution in [0.15, 0.2) is 52.0 Å². The van der Waals surface area contributed by atoms with Crippen molar-refractivity contribution in [2.45, 2.75) is 20.4 Å². The molecule has 2 aromatic carbocycles. The van der Waals surface area contributed by atoms with Gasteiger partial charge in [0.2, 0.25) is 0 Å². The van der Waals surface area contributed by atoms with E-state index in [-0.39, 0.29) is 5.91 Å². The van der Waals surface area contributed by atoms with Gasteiger partial charge in [0.25, 0.3) is 5.91 Å². The van der Waals surface area contributed by atoms with Gasteiger partial charge in [0.05, 0.1) is 35.7 Å². The molecule has 0 spiro atoms. The van der Waals surface area contributed by atoms with Crippen LogP contribution in [0.5, 0.6) is 5.75 Å². The molecule has 6 nitrogen and oxygen atoms in total. The van der Waals surface area contributed by atoms with Gasteiger partial charge in [-0.1, -0.05) is 29.8 Å². The van der Waals surface area contributed by atoms with E-state index < -0.39 is 0 Å². The zero-order valence-corrected chi connectivity index (χ0v) is 18.6. The number of carbonyl (C=O) groups excluding carboxylic acids is 1. The summed E-state index contributed by atoms with van der Waals surface area (Å²) in [6.07, 6.45) is 1.56. The monoisotopic (exact) mass is 474 g/mol. The third-order valence-electron chi connectivity index (χ3n) is 4.39. The minimum Gasteiger partial charge on any atom is -0.496 e. The first-order chi connectivity index (χ1) is 13.9. The van der Waals surface area contributed by atoms with Crippen molar-refractivity contribution in [1.29, 1.82) is 0 Å². The summed E-state index contributed by atoms with van der Waals surface area (Å²) in [4.78, 5) is 12.1. The number of hydrazone groups is 1. The number of carbonyl (C=O) groups is 1. The molecule has 1 amide bonds. The quantitative estimate of drug-likeness (QED) is 0.414. The highest BCUT2D eigenvalue weighted by atomic mass is 79.9. The number of nitrogens with zero attached hydrogens (tertiary/aromatic N) is 3. The zero-order valence-electron chi connectivity index (χ0n) is 16.2. The third kappa shape index (κ3) is 5.05.